The lowest BCUT2D eigenvalue weighted by molar-refractivity contribution is -0.0611. The zero-order valence-corrected chi connectivity index (χ0v) is 13.0. The van der Waals surface area contributed by atoms with Crippen LogP contribution in [0.3, 0.4) is 0 Å². The van der Waals surface area contributed by atoms with Gasteiger partial charge in [0.15, 0.2) is 4.77 Å². The van der Waals surface area contributed by atoms with Crippen LogP contribution in [-0.2, 0) is 30.2 Å². The van der Waals surface area contributed by atoms with Crippen molar-refractivity contribution in [2.24, 2.45) is 7.05 Å². The third kappa shape index (κ3) is 1.93. The van der Waals surface area contributed by atoms with Gasteiger partial charge in [-0.15, -0.1) is 0 Å². The number of nitrogens with zero attached hydrogens (tertiary/aromatic N) is 2. The average Bonchev–Trinajstić information content (AvgIpc) is 3.00. The van der Waals surface area contributed by atoms with Crippen molar-refractivity contribution in [3.05, 3.63) is 45.5 Å². The number of aromatic nitrogens is 3. The van der Waals surface area contributed by atoms with Crippen LogP contribution in [0.15, 0.2) is 18.2 Å². The van der Waals surface area contributed by atoms with Gasteiger partial charge in [0.1, 0.15) is 5.82 Å². The molecule has 0 atom stereocenters. The van der Waals surface area contributed by atoms with Gasteiger partial charge in [0, 0.05) is 31.0 Å². The maximum atomic E-state index is 11.9. The number of nitrogens with one attached hydrogen (secondary N) is 2. The highest BCUT2D eigenvalue weighted by atomic mass is 32.1. The van der Waals surface area contributed by atoms with Crippen molar-refractivity contribution in [3.63, 3.8) is 0 Å². The summed E-state index contributed by atoms with van der Waals surface area (Å²) >= 11 is 5.18. The third-order valence-electron chi connectivity index (χ3n) is 4.63. The molecule has 114 valence electrons. The Hall–Kier alpha value is -1.99. The summed E-state index contributed by atoms with van der Waals surface area (Å²) in [5, 5.41) is 9.98. The Bertz CT molecular complexity index is 819. The first-order chi connectivity index (χ1) is 10.6. The number of hydrogen-bond donors (Lipinski definition) is 2. The largest absolute Gasteiger partial charge is 0.379 e. The first kappa shape index (κ1) is 13.7. The molecular formula is C15H16N4O2S. The van der Waals surface area contributed by atoms with Gasteiger partial charge in [-0.1, -0.05) is 12.1 Å². The smallest absolute Gasteiger partial charge is 0.251 e. The predicted octanol–water partition coefficient (Wildman–Crippen LogP) is 1.23. The molecule has 0 bridgehead atoms. The van der Waals surface area contributed by atoms with Crippen LogP contribution in [0.2, 0.25) is 0 Å². The molecule has 0 radical (unpaired) electrons. The van der Waals surface area contributed by atoms with Gasteiger partial charge in [-0.25, -0.2) is 0 Å². The Morgan fingerprint density at radius 1 is 1.45 bits per heavy atom. The fraction of sp³-hybridized carbons (Fsp3) is 0.400. The minimum absolute atomic E-state index is 0.00501. The first-order valence-corrected chi connectivity index (χ1v) is 7.59. The summed E-state index contributed by atoms with van der Waals surface area (Å²) in [5.41, 5.74) is 2.83. The lowest BCUT2D eigenvalue weighted by Gasteiger charge is -2.41. The number of hydrogen-bond acceptors (Lipinski definition) is 4. The molecule has 0 unspecified atom stereocenters. The molecule has 4 rings (SSSR count). The van der Waals surface area contributed by atoms with Gasteiger partial charge >= 0.3 is 0 Å². The maximum absolute atomic E-state index is 11.9. The number of aromatic amines is 1. The van der Waals surface area contributed by atoms with Crippen LogP contribution in [-0.4, -0.2) is 33.9 Å². The number of carbonyl (C=O) groups is 1. The molecule has 1 amide bonds. The van der Waals surface area contributed by atoms with Gasteiger partial charge in [0.25, 0.3) is 5.91 Å². The topological polar surface area (TPSA) is 71.9 Å². The summed E-state index contributed by atoms with van der Waals surface area (Å²) in [7, 11) is 1.91. The highest BCUT2D eigenvalue weighted by Gasteiger charge is 2.42. The Labute approximate surface area is 132 Å². The molecule has 6 nitrogen and oxygen atoms in total. The molecule has 7 heteroatoms. The normalized spacial score (nSPS) is 18.7. The number of rotatable bonds is 3. The Morgan fingerprint density at radius 3 is 2.91 bits per heavy atom. The van der Waals surface area contributed by atoms with E-state index in [2.05, 4.69) is 21.6 Å². The molecule has 1 fully saturated rings. The van der Waals surface area contributed by atoms with Gasteiger partial charge in [-0.3, -0.25) is 9.89 Å². The number of carbonyl (C=O) groups excluding carboxylic acids is 1. The molecule has 2 N–H and O–H groups in total. The average molecular weight is 316 g/mol. The monoisotopic (exact) mass is 316 g/mol. The molecule has 3 heterocycles. The summed E-state index contributed by atoms with van der Waals surface area (Å²) < 4.78 is 7.98. The zero-order valence-electron chi connectivity index (χ0n) is 12.2. The van der Waals surface area contributed by atoms with E-state index in [9.17, 15) is 4.79 Å². The maximum Gasteiger partial charge on any atom is 0.251 e. The number of amides is 1. The van der Waals surface area contributed by atoms with E-state index in [0.717, 1.165) is 28.9 Å². The Kier molecular flexibility index (Phi) is 2.95. The summed E-state index contributed by atoms with van der Waals surface area (Å²) in [6.07, 6.45) is 0.733. The molecule has 1 saturated heterocycles. The molecule has 1 aromatic carbocycles. The fourth-order valence-corrected chi connectivity index (χ4v) is 3.25. The van der Waals surface area contributed by atoms with E-state index in [1.165, 1.54) is 0 Å². The van der Waals surface area contributed by atoms with E-state index in [0.29, 0.717) is 24.5 Å². The van der Waals surface area contributed by atoms with Gasteiger partial charge in [-0.2, -0.15) is 5.10 Å². The first-order valence-electron chi connectivity index (χ1n) is 7.19. The lowest BCUT2D eigenvalue weighted by atomic mass is 9.75. The highest BCUT2D eigenvalue weighted by molar-refractivity contribution is 7.71. The quantitative estimate of drug-likeness (QED) is 0.836. The molecular weight excluding hydrogens is 300 g/mol. The fourth-order valence-electron chi connectivity index (χ4n) is 3.10. The van der Waals surface area contributed by atoms with E-state index in [-0.39, 0.29) is 11.3 Å². The molecule has 0 aliphatic carbocycles. The molecule has 2 aromatic rings. The van der Waals surface area contributed by atoms with E-state index < -0.39 is 0 Å². The zero-order chi connectivity index (χ0) is 15.3. The third-order valence-corrected chi connectivity index (χ3v) is 5.00. The van der Waals surface area contributed by atoms with Gasteiger partial charge in [0.05, 0.1) is 13.2 Å². The van der Waals surface area contributed by atoms with Gasteiger partial charge < -0.3 is 14.6 Å². The van der Waals surface area contributed by atoms with Crippen molar-refractivity contribution in [2.45, 2.75) is 18.4 Å². The van der Waals surface area contributed by atoms with Crippen LogP contribution in [0.4, 0.5) is 0 Å². The van der Waals surface area contributed by atoms with Gasteiger partial charge in [-0.05, 0) is 29.4 Å². The second-order valence-electron chi connectivity index (χ2n) is 6.01. The lowest BCUT2D eigenvalue weighted by Crippen LogP contribution is -2.49. The minimum Gasteiger partial charge on any atom is -0.379 e. The second kappa shape index (κ2) is 4.76. The minimum atomic E-state index is -0.132. The van der Waals surface area contributed by atoms with Crippen LogP contribution in [0.5, 0.6) is 0 Å². The summed E-state index contributed by atoms with van der Waals surface area (Å²) in [6, 6.07) is 6.13. The highest BCUT2D eigenvalue weighted by Crippen LogP contribution is 2.37. The van der Waals surface area contributed by atoms with Crippen molar-refractivity contribution in [1.82, 2.24) is 20.1 Å². The van der Waals surface area contributed by atoms with E-state index in [1.54, 1.807) is 0 Å². The second-order valence-corrected chi connectivity index (χ2v) is 6.40. The Morgan fingerprint density at radius 2 is 2.27 bits per heavy atom. The molecule has 2 aliphatic rings. The van der Waals surface area contributed by atoms with Gasteiger partial charge in [0.2, 0.25) is 0 Å². The van der Waals surface area contributed by atoms with E-state index in [4.69, 9.17) is 17.0 Å². The number of ether oxygens (including phenoxy) is 1. The number of fused-ring (bicyclic) bond motifs is 1. The number of benzene rings is 1. The molecule has 0 spiro atoms. The van der Waals surface area contributed by atoms with Crippen molar-refractivity contribution in [2.75, 3.05) is 13.2 Å². The van der Waals surface area contributed by atoms with Crippen molar-refractivity contribution >= 4 is 18.1 Å². The van der Waals surface area contributed by atoms with Crippen molar-refractivity contribution in [1.29, 1.82) is 0 Å². The van der Waals surface area contributed by atoms with Crippen LogP contribution in [0.1, 0.15) is 27.3 Å². The molecule has 0 saturated carbocycles. The summed E-state index contributed by atoms with van der Waals surface area (Å²) in [6.45, 7) is 1.88. The summed E-state index contributed by atoms with van der Waals surface area (Å²) in [4.78, 5) is 11.9. The number of H-pyrrole nitrogens is 1. The molecule has 1 aromatic heterocycles. The van der Waals surface area contributed by atoms with E-state index >= 15 is 0 Å². The molecule has 22 heavy (non-hydrogen) atoms. The SMILES string of the molecule is Cn1c(CC2(c3ccc4c(c3)C(=O)NC4)COC2)n[nH]c1=S. The van der Waals surface area contributed by atoms with Crippen molar-refractivity contribution < 1.29 is 9.53 Å². The van der Waals surface area contributed by atoms with E-state index in [1.807, 2.05) is 23.7 Å². The van der Waals surface area contributed by atoms with Crippen LogP contribution in [0, 0.1) is 4.77 Å². The molecule has 2 aliphatic heterocycles. The van der Waals surface area contributed by atoms with Crippen LogP contribution in [0.25, 0.3) is 0 Å². The summed E-state index contributed by atoms with van der Waals surface area (Å²) in [5.74, 6) is 0.906. The Balaban J connectivity index is 1.72. The van der Waals surface area contributed by atoms with Crippen molar-refractivity contribution in [3.8, 4) is 0 Å². The standard InChI is InChI=1S/C15H16N4O2S/c1-19-12(17-18-14(19)22)5-15(7-21-8-15)10-3-2-9-6-16-13(20)11(9)4-10/h2-4H,5-8H2,1H3,(H,16,20)(H,18,22). The van der Waals surface area contributed by atoms with Crippen LogP contribution < -0.4 is 5.32 Å². The van der Waals surface area contributed by atoms with Crippen LogP contribution >= 0.6 is 12.2 Å². The predicted molar refractivity (Wildman–Crippen MR) is 82.2 cm³/mol.